The van der Waals surface area contributed by atoms with Crippen molar-refractivity contribution in [2.45, 2.75) is 12.8 Å². The van der Waals surface area contributed by atoms with Crippen molar-refractivity contribution >= 4 is 22.6 Å². The zero-order chi connectivity index (χ0) is 13.7. The van der Waals surface area contributed by atoms with E-state index in [9.17, 15) is 4.79 Å². The Balaban J connectivity index is 2.35. The zero-order valence-electron chi connectivity index (χ0n) is 10.3. The predicted octanol–water partition coefficient (Wildman–Crippen LogP) is 1.51. The van der Waals surface area contributed by atoms with E-state index in [4.69, 9.17) is 10.2 Å². The van der Waals surface area contributed by atoms with Gasteiger partial charge in [-0.25, -0.2) is 4.79 Å². The molecule has 1 aromatic carbocycles. The number of anilines is 1. The molecule has 0 fully saturated rings. The van der Waals surface area contributed by atoms with Crippen molar-refractivity contribution in [2.24, 2.45) is 0 Å². The lowest BCUT2D eigenvalue weighted by Gasteiger charge is -2.11. The number of aliphatic hydroxyl groups is 1. The molecule has 0 atom stereocenters. The molecular weight excluding hydrogens is 246 g/mol. The minimum atomic E-state index is -1.11. The van der Waals surface area contributed by atoms with Crippen LogP contribution in [0.1, 0.15) is 23.3 Å². The van der Waals surface area contributed by atoms with Gasteiger partial charge >= 0.3 is 5.97 Å². The Morgan fingerprint density at radius 2 is 2.00 bits per heavy atom. The second-order valence-electron chi connectivity index (χ2n) is 4.10. The second-order valence-corrected chi connectivity index (χ2v) is 4.10. The summed E-state index contributed by atoms with van der Waals surface area (Å²) >= 11 is 0. The van der Waals surface area contributed by atoms with E-state index in [2.05, 4.69) is 15.5 Å². The highest BCUT2D eigenvalue weighted by Crippen LogP contribution is 2.24. The van der Waals surface area contributed by atoms with Crippen LogP contribution in [0.4, 0.5) is 5.69 Å². The van der Waals surface area contributed by atoms with E-state index in [0.717, 1.165) is 11.8 Å². The molecule has 6 heteroatoms. The van der Waals surface area contributed by atoms with Gasteiger partial charge in [0.15, 0.2) is 5.69 Å². The third-order valence-electron chi connectivity index (χ3n) is 2.76. The third kappa shape index (κ3) is 2.97. The van der Waals surface area contributed by atoms with Gasteiger partial charge < -0.3 is 15.5 Å². The van der Waals surface area contributed by atoms with Gasteiger partial charge in [-0.15, -0.1) is 10.2 Å². The van der Waals surface area contributed by atoms with Crippen molar-refractivity contribution in [1.29, 1.82) is 0 Å². The molecule has 0 amide bonds. The quantitative estimate of drug-likeness (QED) is 0.682. The lowest BCUT2D eigenvalue weighted by Crippen LogP contribution is -2.11. The molecule has 1 heterocycles. The Morgan fingerprint density at radius 1 is 1.21 bits per heavy atom. The van der Waals surface area contributed by atoms with Crippen LogP contribution in [0.2, 0.25) is 0 Å². The highest BCUT2D eigenvalue weighted by Gasteiger charge is 2.15. The Hall–Kier alpha value is -2.21. The van der Waals surface area contributed by atoms with E-state index < -0.39 is 5.97 Å². The molecular formula is C13H15N3O3. The Labute approximate surface area is 110 Å². The number of hydrogen-bond donors (Lipinski definition) is 3. The number of aromatic carboxylic acids is 1. The predicted molar refractivity (Wildman–Crippen MR) is 71.3 cm³/mol. The van der Waals surface area contributed by atoms with Crippen LogP contribution in [0.15, 0.2) is 24.3 Å². The van der Waals surface area contributed by atoms with Crippen molar-refractivity contribution in [3.63, 3.8) is 0 Å². The number of carboxylic acid groups (broad SMARTS) is 1. The highest BCUT2D eigenvalue weighted by atomic mass is 16.4. The van der Waals surface area contributed by atoms with Crippen LogP contribution in [-0.4, -0.2) is 39.5 Å². The number of rotatable bonds is 6. The van der Waals surface area contributed by atoms with Crippen LogP contribution in [0, 0.1) is 0 Å². The topological polar surface area (TPSA) is 95.3 Å². The summed E-state index contributed by atoms with van der Waals surface area (Å²) in [6.45, 7) is 0.708. The second kappa shape index (κ2) is 6.10. The number of nitrogens with zero attached hydrogens (tertiary/aromatic N) is 2. The van der Waals surface area contributed by atoms with Gasteiger partial charge in [-0.1, -0.05) is 18.2 Å². The maximum atomic E-state index is 11.2. The Morgan fingerprint density at radius 3 is 2.74 bits per heavy atom. The summed E-state index contributed by atoms with van der Waals surface area (Å²) < 4.78 is 0. The van der Waals surface area contributed by atoms with Crippen LogP contribution in [0.5, 0.6) is 0 Å². The number of unbranched alkanes of at least 4 members (excludes halogenated alkanes) is 1. The van der Waals surface area contributed by atoms with Crippen LogP contribution >= 0.6 is 0 Å². The van der Waals surface area contributed by atoms with Gasteiger partial charge in [0.1, 0.15) is 0 Å². The summed E-state index contributed by atoms with van der Waals surface area (Å²) in [6, 6.07) is 7.25. The van der Waals surface area contributed by atoms with E-state index in [1.807, 2.05) is 18.2 Å². The van der Waals surface area contributed by atoms with Gasteiger partial charge in [-0.3, -0.25) is 0 Å². The number of aromatic nitrogens is 2. The molecule has 2 aromatic rings. The minimum Gasteiger partial charge on any atom is -0.476 e. The number of aliphatic hydroxyl groups excluding tert-OH is 1. The first kappa shape index (κ1) is 13.2. The number of carboxylic acids is 1. The number of fused-ring (bicyclic) bond motifs is 1. The third-order valence-corrected chi connectivity index (χ3v) is 2.76. The highest BCUT2D eigenvalue weighted by molar-refractivity contribution is 6.02. The molecule has 6 nitrogen and oxygen atoms in total. The Kier molecular flexibility index (Phi) is 4.25. The zero-order valence-corrected chi connectivity index (χ0v) is 10.3. The molecule has 0 unspecified atom stereocenters. The van der Waals surface area contributed by atoms with Gasteiger partial charge in [-0.05, 0) is 18.9 Å². The SMILES string of the molecule is O=C(O)c1nnc2ccccc2c1NCCCCO. The van der Waals surface area contributed by atoms with Crippen LogP contribution in [0.3, 0.4) is 0 Å². The largest absolute Gasteiger partial charge is 0.476 e. The van der Waals surface area contributed by atoms with Gasteiger partial charge in [0.2, 0.25) is 0 Å². The molecule has 0 aliphatic carbocycles. The van der Waals surface area contributed by atoms with Crippen LogP contribution < -0.4 is 5.32 Å². The summed E-state index contributed by atoms with van der Waals surface area (Å²) in [7, 11) is 0. The smallest absolute Gasteiger partial charge is 0.358 e. The average molecular weight is 261 g/mol. The van der Waals surface area contributed by atoms with E-state index >= 15 is 0 Å². The van der Waals surface area contributed by atoms with Gasteiger partial charge in [0, 0.05) is 18.5 Å². The van der Waals surface area contributed by atoms with Crippen LogP contribution in [-0.2, 0) is 0 Å². The number of benzene rings is 1. The summed E-state index contributed by atoms with van der Waals surface area (Å²) in [4.78, 5) is 11.2. The minimum absolute atomic E-state index is 0.0808. The normalized spacial score (nSPS) is 10.6. The standard InChI is InChI=1S/C13H15N3O3/c17-8-4-3-7-14-11-9-5-1-2-6-10(9)15-16-12(11)13(18)19/h1-2,5-6,17H,3-4,7-8H2,(H,14,15)(H,18,19). The van der Waals surface area contributed by atoms with E-state index in [-0.39, 0.29) is 12.3 Å². The molecule has 2 rings (SSSR count). The molecule has 3 N–H and O–H groups in total. The maximum absolute atomic E-state index is 11.2. The molecule has 0 saturated carbocycles. The fourth-order valence-corrected chi connectivity index (χ4v) is 1.83. The van der Waals surface area contributed by atoms with Crippen molar-refractivity contribution in [2.75, 3.05) is 18.5 Å². The van der Waals surface area contributed by atoms with E-state index in [0.29, 0.717) is 24.2 Å². The molecule has 0 aliphatic heterocycles. The fourth-order valence-electron chi connectivity index (χ4n) is 1.83. The number of nitrogens with one attached hydrogen (secondary N) is 1. The maximum Gasteiger partial charge on any atom is 0.358 e. The summed E-state index contributed by atoms with van der Waals surface area (Å²) in [5.74, 6) is -1.11. The Bertz CT molecular complexity index is 586. The molecule has 0 saturated heterocycles. The summed E-state index contributed by atoms with van der Waals surface area (Å²) in [6.07, 6.45) is 1.43. The van der Waals surface area contributed by atoms with Crippen LogP contribution in [0.25, 0.3) is 10.9 Å². The van der Waals surface area contributed by atoms with E-state index in [1.165, 1.54) is 0 Å². The average Bonchev–Trinajstić information content (AvgIpc) is 2.43. The van der Waals surface area contributed by atoms with Gasteiger partial charge in [-0.2, -0.15) is 0 Å². The van der Waals surface area contributed by atoms with Crippen molar-refractivity contribution in [3.8, 4) is 0 Å². The van der Waals surface area contributed by atoms with Gasteiger partial charge in [0.25, 0.3) is 0 Å². The van der Waals surface area contributed by atoms with Gasteiger partial charge in [0.05, 0.1) is 11.2 Å². The lowest BCUT2D eigenvalue weighted by molar-refractivity contribution is 0.0690. The molecule has 19 heavy (non-hydrogen) atoms. The first-order valence-electron chi connectivity index (χ1n) is 6.07. The molecule has 0 bridgehead atoms. The summed E-state index contributed by atoms with van der Waals surface area (Å²) in [5, 5.41) is 29.3. The lowest BCUT2D eigenvalue weighted by atomic mass is 10.1. The van der Waals surface area contributed by atoms with Crippen molar-refractivity contribution in [3.05, 3.63) is 30.0 Å². The molecule has 1 aromatic heterocycles. The molecule has 0 spiro atoms. The van der Waals surface area contributed by atoms with Crippen molar-refractivity contribution in [1.82, 2.24) is 10.2 Å². The number of carbonyl (C=O) groups is 1. The molecule has 100 valence electrons. The molecule has 0 radical (unpaired) electrons. The summed E-state index contributed by atoms with van der Waals surface area (Å²) in [5.41, 5.74) is 1.05. The monoisotopic (exact) mass is 261 g/mol. The first-order chi connectivity index (χ1) is 9.24. The first-order valence-corrected chi connectivity index (χ1v) is 6.07. The van der Waals surface area contributed by atoms with E-state index in [1.54, 1.807) is 6.07 Å². The molecule has 0 aliphatic rings. The number of hydrogen-bond acceptors (Lipinski definition) is 5. The van der Waals surface area contributed by atoms with Crippen molar-refractivity contribution < 1.29 is 15.0 Å². The fraction of sp³-hybridized carbons (Fsp3) is 0.308.